The lowest BCUT2D eigenvalue weighted by atomic mass is 9.95. The molecule has 4 rings (SSSR count). The fourth-order valence-electron chi connectivity index (χ4n) is 4.15. The van der Waals surface area contributed by atoms with Crippen LogP contribution in [0.25, 0.3) is 0 Å². The lowest BCUT2D eigenvalue weighted by Gasteiger charge is -2.38. The van der Waals surface area contributed by atoms with Gasteiger partial charge in [-0.05, 0) is 57.5 Å². The maximum atomic E-state index is 12.3. The molecular weight excluding hydrogens is 358 g/mol. The molecule has 3 aliphatic rings. The Morgan fingerprint density at radius 1 is 1.25 bits per heavy atom. The Morgan fingerprint density at radius 2 is 2.00 bits per heavy atom. The van der Waals surface area contributed by atoms with Gasteiger partial charge in [0.25, 0.3) is 5.91 Å². The van der Waals surface area contributed by atoms with Crippen LogP contribution in [0.15, 0.2) is 6.20 Å². The van der Waals surface area contributed by atoms with Gasteiger partial charge in [-0.15, -0.1) is 0 Å². The summed E-state index contributed by atoms with van der Waals surface area (Å²) >= 11 is 0. The minimum atomic E-state index is -0.198. The minimum absolute atomic E-state index is 0.0622. The summed E-state index contributed by atoms with van der Waals surface area (Å²) in [7, 11) is 0. The molecule has 3 fully saturated rings. The highest BCUT2D eigenvalue weighted by atomic mass is 16.5. The van der Waals surface area contributed by atoms with Gasteiger partial charge in [-0.25, -0.2) is 4.98 Å². The Bertz CT molecular complexity index is 694. The Hall–Kier alpha value is -1.93. The minimum Gasteiger partial charge on any atom is -0.365 e. The standard InChI is InChI=1S/C20H31N5O3/c1-14-21-9-18(23-14)20(27)22-8-17-12-25(19(26)13-28-17)11-16-4-6-24(7-5-16)10-15-2-3-15/h9,15-17H,2-8,10-13H2,1H3,(H,21,23)(H,22,27). The number of aryl methyl sites for hydroxylation is 1. The molecule has 2 amide bonds. The number of carbonyl (C=O) groups is 2. The van der Waals surface area contributed by atoms with Gasteiger partial charge in [0.15, 0.2) is 0 Å². The number of nitrogens with zero attached hydrogens (tertiary/aromatic N) is 3. The number of aromatic amines is 1. The van der Waals surface area contributed by atoms with E-state index in [4.69, 9.17) is 4.74 Å². The average Bonchev–Trinajstić information content (AvgIpc) is 3.40. The first-order valence-corrected chi connectivity index (χ1v) is 10.5. The molecule has 1 atom stereocenters. The molecule has 2 N–H and O–H groups in total. The van der Waals surface area contributed by atoms with Crippen LogP contribution in [0.4, 0.5) is 0 Å². The number of amides is 2. The Kier molecular flexibility index (Phi) is 5.96. The molecule has 8 nitrogen and oxygen atoms in total. The summed E-state index contributed by atoms with van der Waals surface area (Å²) < 4.78 is 5.63. The fourth-order valence-corrected chi connectivity index (χ4v) is 4.15. The number of carbonyl (C=O) groups excluding carboxylic acids is 2. The number of hydrogen-bond donors (Lipinski definition) is 2. The SMILES string of the molecule is Cc1ncc(C(=O)NCC2CN(CC3CCN(CC4CC4)CC3)C(=O)CO2)[nH]1. The molecule has 1 saturated carbocycles. The summed E-state index contributed by atoms with van der Waals surface area (Å²) in [5.74, 6) is 2.08. The zero-order valence-electron chi connectivity index (χ0n) is 16.7. The molecule has 0 bridgehead atoms. The zero-order valence-corrected chi connectivity index (χ0v) is 16.7. The van der Waals surface area contributed by atoms with Crippen LogP contribution >= 0.6 is 0 Å². The first-order chi connectivity index (χ1) is 13.6. The Balaban J connectivity index is 1.21. The van der Waals surface area contributed by atoms with Crippen molar-refractivity contribution in [1.29, 1.82) is 0 Å². The maximum absolute atomic E-state index is 12.3. The van der Waals surface area contributed by atoms with Gasteiger partial charge in [0, 0.05) is 26.2 Å². The van der Waals surface area contributed by atoms with Crippen LogP contribution in [0.1, 0.15) is 42.0 Å². The van der Waals surface area contributed by atoms with E-state index in [9.17, 15) is 9.59 Å². The number of nitrogens with one attached hydrogen (secondary N) is 2. The van der Waals surface area contributed by atoms with Crippen LogP contribution in [0.2, 0.25) is 0 Å². The number of hydrogen-bond acceptors (Lipinski definition) is 5. The van der Waals surface area contributed by atoms with E-state index < -0.39 is 0 Å². The van der Waals surface area contributed by atoms with Gasteiger partial charge in [0.1, 0.15) is 18.1 Å². The molecule has 0 aromatic carbocycles. The first-order valence-electron chi connectivity index (χ1n) is 10.5. The van der Waals surface area contributed by atoms with Crippen molar-refractivity contribution < 1.29 is 14.3 Å². The normalized spacial score (nSPS) is 24.5. The molecular formula is C20H31N5O3. The van der Waals surface area contributed by atoms with Crippen molar-refractivity contribution >= 4 is 11.8 Å². The molecule has 8 heteroatoms. The monoisotopic (exact) mass is 389 g/mol. The van der Waals surface area contributed by atoms with E-state index in [2.05, 4.69) is 20.2 Å². The number of imidazole rings is 1. The molecule has 28 heavy (non-hydrogen) atoms. The van der Waals surface area contributed by atoms with Crippen molar-refractivity contribution in [3.05, 3.63) is 17.7 Å². The van der Waals surface area contributed by atoms with Gasteiger partial charge in [-0.1, -0.05) is 0 Å². The van der Waals surface area contributed by atoms with E-state index in [1.165, 1.54) is 25.6 Å². The van der Waals surface area contributed by atoms with Crippen molar-refractivity contribution in [2.45, 2.75) is 38.7 Å². The fraction of sp³-hybridized carbons (Fsp3) is 0.750. The highest BCUT2D eigenvalue weighted by Crippen LogP contribution is 2.31. The number of H-pyrrole nitrogens is 1. The molecule has 0 radical (unpaired) electrons. The lowest BCUT2D eigenvalue weighted by Crippen LogP contribution is -2.52. The van der Waals surface area contributed by atoms with Crippen molar-refractivity contribution in [2.75, 3.05) is 45.9 Å². The summed E-state index contributed by atoms with van der Waals surface area (Å²) in [5, 5.41) is 2.87. The zero-order chi connectivity index (χ0) is 19.5. The molecule has 1 aliphatic carbocycles. The first kappa shape index (κ1) is 19.4. The second kappa shape index (κ2) is 8.61. The molecule has 2 aliphatic heterocycles. The smallest absolute Gasteiger partial charge is 0.269 e. The van der Waals surface area contributed by atoms with Gasteiger partial charge in [-0.3, -0.25) is 9.59 Å². The van der Waals surface area contributed by atoms with Crippen LogP contribution in [-0.2, 0) is 9.53 Å². The van der Waals surface area contributed by atoms with Crippen molar-refractivity contribution in [2.24, 2.45) is 11.8 Å². The Labute approximate surface area is 166 Å². The van der Waals surface area contributed by atoms with Crippen LogP contribution in [0, 0.1) is 18.8 Å². The highest BCUT2D eigenvalue weighted by Gasteiger charge is 2.31. The van der Waals surface area contributed by atoms with Gasteiger partial charge in [0.2, 0.25) is 5.91 Å². The third kappa shape index (κ3) is 5.11. The predicted octanol–water partition coefficient (Wildman–Crippen LogP) is 0.797. The van der Waals surface area contributed by atoms with Gasteiger partial charge < -0.3 is 24.8 Å². The quantitative estimate of drug-likeness (QED) is 0.720. The van der Waals surface area contributed by atoms with Gasteiger partial charge in [0.05, 0.1) is 12.3 Å². The summed E-state index contributed by atoms with van der Waals surface area (Å²) in [6.07, 6.45) is 6.49. The van der Waals surface area contributed by atoms with Crippen LogP contribution < -0.4 is 5.32 Å². The third-order valence-corrected chi connectivity index (χ3v) is 6.06. The molecule has 2 saturated heterocycles. The molecule has 3 heterocycles. The number of aromatic nitrogens is 2. The second-order valence-electron chi connectivity index (χ2n) is 8.51. The Morgan fingerprint density at radius 3 is 2.68 bits per heavy atom. The average molecular weight is 390 g/mol. The van der Waals surface area contributed by atoms with Crippen molar-refractivity contribution in [3.8, 4) is 0 Å². The van der Waals surface area contributed by atoms with Crippen LogP contribution in [0.3, 0.4) is 0 Å². The van der Waals surface area contributed by atoms with Crippen molar-refractivity contribution in [3.63, 3.8) is 0 Å². The highest BCUT2D eigenvalue weighted by molar-refractivity contribution is 5.92. The summed E-state index contributed by atoms with van der Waals surface area (Å²) in [4.78, 5) is 35.9. The van der Waals surface area contributed by atoms with E-state index in [0.717, 1.165) is 38.4 Å². The van der Waals surface area contributed by atoms with Crippen LogP contribution in [-0.4, -0.2) is 83.6 Å². The third-order valence-electron chi connectivity index (χ3n) is 6.06. The molecule has 1 unspecified atom stereocenters. The topological polar surface area (TPSA) is 90.6 Å². The number of rotatable bonds is 7. The van der Waals surface area contributed by atoms with Gasteiger partial charge in [-0.2, -0.15) is 0 Å². The van der Waals surface area contributed by atoms with E-state index in [1.807, 2.05) is 4.90 Å². The van der Waals surface area contributed by atoms with E-state index >= 15 is 0 Å². The maximum Gasteiger partial charge on any atom is 0.269 e. The van der Waals surface area contributed by atoms with E-state index in [-0.39, 0.29) is 24.5 Å². The summed E-state index contributed by atoms with van der Waals surface area (Å²) in [5.41, 5.74) is 0.444. The van der Waals surface area contributed by atoms with Crippen LogP contribution in [0.5, 0.6) is 0 Å². The number of likely N-dealkylation sites (tertiary alicyclic amines) is 1. The number of ether oxygens (including phenoxy) is 1. The largest absolute Gasteiger partial charge is 0.365 e. The molecule has 154 valence electrons. The van der Waals surface area contributed by atoms with E-state index in [1.54, 1.807) is 6.92 Å². The number of morpholine rings is 1. The summed E-state index contributed by atoms with van der Waals surface area (Å²) in [6.45, 7) is 7.23. The molecule has 1 aromatic rings. The van der Waals surface area contributed by atoms with Gasteiger partial charge >= 0.3 is 0 Å². The second-order valence-corrected chi connectivity index (χ2v) is 8.51. The predicted molar refractivity (Wildman–Crippen MR) is 104 cm³/mol. The molecule has 1 aromatic heterocycles. The van der Waals surface area contributed by atoms with E-state index in [0.29, 0.717) is 30.5 Å². The molecule has 0 spiro atoms. The van der Waals surface area contributed by atoms with Crippen molar-refractivity contribution in [1.82, 2.24) is 25.1 Å². The summed E-state index contributed by atoms with van der Waals surface area (Å²) in [6, 6.07) is 0. The number of piperidine rings is 1. The lowest BCUT2D eigenvalue weighted by molar-refractivity contribution is -0.149.